The maximum Gasteiger partial charge on any atom is 0.338 e. The van der Waals surface area contributed by atoms with Gasteiger partial charge in [-0.3, -0.25) is 4.79 Å². The van der Waals surface area contributed by atoms with Gasteiger partial charge in [-0.2, -0.15) is 0 Å². The van der Waals surface area contributed by atoms with E-state index < -0.39 is 28.4 Å². The van der Waals surface area contributed by atoms with Crippen molar-refractivity contribution in [1.82, 2.24) is 4.72 Å². The van der Waals surface area contributed by atoms with E-state index in [1.807, 2.05) is 0 Å². The van der Waals surface area contributed by atoms with Gasteiger partial charge in [0.2, 0.25) is 10.0 Å². The van der Waals surface area contributed by atoms with Crippen molar-refractivity contribution in [2.75, 3.05) is 19.8 Å². The van der Waals surface area contributed by atoms with Crippen molar-refractivity contribution in [3.8, 4) is 11.5 Å². The van der Waals surface area contributed by atoms with E-state index in [4.69, 9.17) is 14.2 Å². The van der Waals surface area contributed by atoms with Gasteiger partial charge in [-0.1, -0.05) is 6.07 Å². The Bertz CT molecular complexity index is 1050. The van der Waals surface area contributed by atoms with Crippen molar-refractivity contribution in [1.29, 1.82) is 0 Å². The Labute approximate surface area is 175 Å². The van der Waals surface area contributed by atoms with Crippen LogP contribution < -0.4 is 14.2 Å². The summed E-state index contributed by atoms with van der Waals surface area (Å²) in [6.07, 6.45) is 0.747. The monoisotopic (exact) mass is 433 g/mol. The predicted molar refractivity (Wildman–Crippen MR) is 109 cm³/mol. The summed E-state index contributed by atoms with van der Waals surface area (Å²) < 4.78 is 43.2. The lowest BCUT2D eigenvalue weighted by Gasteiger charge is -2.11. The standard InChI is InChI=1S/C21H23NO7S/c1-14(2)22-30(25,26)17-6-3-5-16(11-17)21(24)29-13-18(23)15-7-8-19-20(12-15)28-10-4-9-27-19/h3,5-8,11-12,14,22H,4,9-10,13H2,1-2H3. The van der Waals surface area contributed by atoms with Gasteiger partial charge in [-0.05, 0) is 50.2 Å². The Morgan fingerprint density at radius 3 is 2.50 bits per heavy atom. The molecule has 0 amide bonds. The average Bonchev–Trinajstić information content (AvgIpc) is 2.95. The smallest absolute Gasteiger partial charge is 0.338 e. The summed E-state index contributed by atoms with van der Waals surface area (Å²) in [5.74, 6) is -0.169. The molecule has 1 heterocycles. The van der Waals surface area contributed by atoms with E-state index in [-0.39, 0.29) is 16.5 Å². The van der Waals surface area contributed by atoms with E-state index in [0.29, 0.717) is 30.3 Å². The normalized spacial score (nSPS) is 13.6. The number of carbonyl (C=O) groups is 2. The zero-order valence-corrected chi connectivity index (χ0v) is 17.5. The second-order valence-electron chi connectivity index (χ2n) is 7.02. The summed E-state index contributed by atoms with van der Waals surface area (Å²) >= 11 is 0. The third kappa shape index (κ3) is 5.37. The van der Waals surface area contributed by atoms with Gasteiger partial charge in [0.05, 0.1) is 23.7 Å². The number of ketones is 1. The Balaban J connectivity index is 1.66. The van der Waals surface area contributed by atoms with Crippen molar-refractivity contribution in [3.05, 3.63) is 53.6 Å². The van der Waals surface area contributed by atoms with Crippen LogP contribution in [0.15, 0.2) is 47.4 Å². The van der Waals surface area contributed by atoms with Crippen molar-refractivity contribution >= 4 is 21.8 Å². The van der Waals surface area contributed by atoms with Crippen LogP contribution in [0.1, 0.15) is 41.0 Å². The lowest BCUT2D eigenvalue weighted by Crippen LogP contribution is -2.30. The first-order valence-corrected chi connectivity index (χ1v) is 11.0. The summed E-state index contributed by atoms with van der Waals surface area (Å²) in [6, 6.07) is 9.95. The summed E-state index contributed by atoms with van der Waals surface area (Å²) in [5, 5.41) is 0. The number of hydrogen-bond donors (Lipinski definition) is 1. The summed E-state index contributed by atoms with van der Waals surface area (Å²) in [6.45, 7) is 3.94. The fourth-order valence-corrected chi connectivity index (χ4v) is 4.10. The summed E-state index contributed by atoms with van der Waals surface area (Å²) in [4.78, 5) is 24.7. The van der Waals surface area contributed by atoms with Gasteiger partial charge < -0.3 is 14.2 Å². The third-order valence-electron chi connectivity index (χ3n) is 4.17. The maximum absolute atomic E-state index is 12.4. The Kier molecular flexibility index (Phi) is 6.73. The number of esters is 1. The molecule has 0 spiro atoms. The van der Waals surface area contributed by atoms with E-state index >= 15 is 0 Å². The van der Waals surface area contributed by atoms with Gasteiger partial charge in [0.1, 0.15) is 0 Å². The molecule has 1 aliphatic rings. The first-order valence-electron chi connectivity index (χ1n) is 9.48. The van der Waals surface area contributed by atoms with Crippen molar-refractivity contribution in [2.24, 2.45) is 0 Å². The van der Waals surface area contributed by atoms with E-state index in [2.05, 4.69) is 4.72 Å². The SMILES string of the molecule is CC(C)NS(=O)(=O)c1cccc(C(=O)OCC(=O)c2ccc3c(c2)OCCCO3)c1. The first-order chi connectivity index (χ1) is 14.3. The number of nitrogens with one attached hydrogen (secondary N) is 1. The van der Waals surface area contributed by atoms with Crippen LogP contribution in [0, 0.1) is 0 Å². The number of hydrogen-bond acceptors (Lipinski definition) is 7. The number of carbonyl (C=O) groups excluding carboxylic acids is 2. The van der Waals surface area contributed by atoms with Gasteiger partial charge >= 0.3 is 5.97 Å². The topological polar surface area (TPSA) is 108 Å². The molecule has 3 rings (SSSR count). The van der Waals surface area contributed by atoms with Crippen LogP contribution in [-0.2, 0) is 14.8 Å². The minimum Gasteiger partial charge on any atom is -0.490 e. The molecule has 0 unspecified atom stereocenters. The molecule has 2 aromatic carbocycles. The number of Topliss-reactive ketones (excluding diaryl/α,β-unsaturated/α-hetero) is 1. The van der Waals surface area contributed by atoms with Gasteiger partial charge in [0.15, 0.2) is 23.9 Å². The molecule has 9 heteroatoms. The highest BCUT2D eigenvalue weighted by Gasteiger charge is 2.19. The molecule has 8 nitrogen and oxygen atoms in total. The fourth-order valence-electron chi connectivity index (χ4n) is 2.80. The molecular formula is C21H23NO7S. The lowest BCUT2D eigenvalue weighted by atomic mass is 10.1. The molecular weight excluding hydrogens is 410 g/mol. The van der Waals surface area contributed by atoms with Crippen LogP contribution in [0.25, 0.3) is 0 Å². The summed E-state index contributed by atoms with van der Waals surface area (Å²) in [5.41, 5.74) is 0.359. The van der Waals surface area contributed by atoms with E-state index in [1.165, 1.54) is 24.3 Å². The Hall–Kier alpha value is -2.91. The molecule has 1 aliphatic heterocycles. The van der Waals surface area contributed by atoms with Crippen LogP contribution in [0.3, 0.4) is 0 Å². The fraction of sp³-hybridized carbons (Fsp3) is 0.333. The molecule has 30 heavy (non-hydrogen) atoms. The molecule has 0 aliphatic carbocycles. The molecule has 0 fully saturated rings. The van der Waals surface area contributed by atoms with Crippen molar-refractivity contribution < 1.29 is 32.2 Å². The van der Waals surface area contributed by atoms with Crippen LogP contribution in [0.2, 0.25) is 0 Å². The summed E-state index contributed by atoms with van der Waals surface area (Å²) in [7, 11) is -3.75. The number of fused-ring (bicyclic) bond motifs is 1. The number of ether oxygens (including phenoxy) is 3. The molecule has 0 radical (unpaired) electrons. The van der Waals surface area contributed by atoms with Crippen LogP contribution in [0.4, 0.5) is 0 Å². The molecule has 0 atom stereocenters. The Morgan fingerprint density at radius 2 is 1.77 bits per heavy atom. The van der Waals surface area contributed by atoms with Gasteiger partial charge in [0.25, 0.3) is 0 Å². The van der Waals surface area contributed by atoms with Crippen LogP contribution >= 0.6 is 0 Å². The Morgan fingerprint density at radius 1 is 1.03 bits per heavy atom. The predicted octanol–water partition coefficient (Wildman–Crippen LogP) is 2.57. The minimum absolute atomic E-state index is 0.0353. The number of sulfonamides is 1. The number of rotatable bonds is 7. The quantitative estimate of drug-likeness (QED) is 0.528. The highest BCUT2D eigenvalue weighted by atomic mass is 32.2. The van der Waals surface area contributed by atoms with Crippen LogP contribution in [-0.4, -0.2) is 46.0 Å². The average molecular weight is 433 g/mol. The molecule has 0 aromatic heterocycles. The van der Waals surface area contributed by atoms with Crippen LogP contribution in [0.5, 0.6) is 11.5 Å². The van der Waals surface area contributed by atoms with Crippen molar-refractivity contribution in [3.63, 3.8) is 0 Å². The third-order valence-corrected chi connectivity index (χ3v) is 5.83. The number of benzene rings is 2. The van der Waals surface area contributed by atoms with E-state index in [0.717, 1.165) is 6.42 Å². The highest BCUT2D eigenvalue weighted by molar-refractivity contribution is 7.89. The largest absolute Gasteiger partial charge is 0.490 e. The zero-order valence-electron chi connectivity index (χ0n) is 16.7. The first kappa shape index (κ1) is 21.8. The maximum atomic E-state index is 12.4. The molecule has 160 valence electrons. The lowest BCUT2D eigenvalue weighted by molar-refractivity contribution is 0.0474. The van der Waals surface area contributed by atoms with Gasteiger partial charge in [-0.25, -0.2) is 17.9 Å². The second kappa shape index (κ2) is 9.27. The van der Waals surface area contributed by atoms with Gasteiger partial charge in [-0.15, -0.1) is 0 Å². The van der Waals surface area contributed by atoms with Gasteiger partial charge in [0, 0.05) is 18.0 Å². The highest BCUT2D eigenvalue weighted by Crippen LogP contribution is 2.30. The van der Waals surface area contributed by atoms with E-state index in [1.54, 1.807) is 32.0 Å². The second-order valence-corrected chi connectivity index (χ2v) is 8.73. The molecule has 0 saturated heterocycles. The van der Waals surface area contributed by atoms with E-state index in [9.17, 15) is 18.0 Å². The molecule has 2 aromatic rings. The zero-order chi connectivity index (χ0) is 21.7. The molecule has 0 saturated carbocycles. The molecule has 1 N–H and O–H groups in total. The molecule has 0 bridgehead atoms. The van der Waals surface area contributed by atoms with Crippen molar-refractivity contribution in [2.45, 2.75) is 31.2 Å². The minimum atomic E-state index is -3.75.